The Morgan fingerprint density at radius 1 is 1.18 bits per heavy atom. The lowest BCUT2D eigenvalue weighted by Crippen LogP contribution is -2.43. The molecule has 0 spiro atoms. The van der Waals surface area contributed by atoms with E-state index in [9.17, 15) is 14.4 Å². The molecule has 0 fully saturated rings. The molecule has 0 saturated heterocycles. The molecule has 0 aliphatic heterocycles. The van der Waals surface area contributed by atoms with Crippen molar-refractivity contribution >= 4 is 17.8 Å². The third kappa shape index (κ3) is 6.55. The Labute approximate surface area is 100 Å². The lowest BCUT2D eigenvalue weighted by atomic mass is 10.0. The topological polar surface area (TPSA) is 104 Å². The largest absolute Gasteiger partial charge is 0.481 e. The lowest BCUT2D eigenvalue weighted by molar-refractivity contribution is -0.143. The number of aliphatic carboxylic acids is 2. The van der Waals surface area contributed by atoms with Gasteiger partial charge in [0.2, 0.25) is 5.91 Å². The molecule has 0 aliphatic carbocycles. The summed E-state index contributed by atoms with van der Waals surface area (Å²) >= 11 is 0. The van der Waals surface area contributed by atoms with Crippen molar-refractivity contribution < 1.29 is 24.6 Å². The van der Waals surface area contributed by atoms with Gasteiger partial charge in [-0.1, -0.05) is 20.3 Å². The van der Waals surface area contributed by atoms with Crippen LogP contribution in [0.4, 0.5) is 0 Å². The Morgan fingerprint density at radius 2 is 1.76 bits per heavy atom. The van der Waals surface area contributed by atoms with E-state index in [0.29, 0.717) is 6.42 Å². The predicted molar refractivity (Wildman–Crippen MR) is 60.5 cm³/mol. The summed E-state index contributed by atoms with van der Waals surface area (Å²) in [5.41, 5.74) is 0. The van der Waals surface area contributed by atoms with Gasteiger partial charge in [-0.05, 0) is 12.8 Å². The third-order valence-corrected chi connectivity index (χ3v) is 2.43. The van der Waals surface area contributed by atoms with Crippen LogP contribution in [0.2, 0.25) is 0 Å². The first-order valence-corrected chi connectivity index (χ1v) is 5.63. The highest BCUT2D eigenvalue weighted by Crippen LogP contribution is 2.06. The molecule has 98 valence electrons. The monoisotopic (exact) mass is 245 g/mol. The predicted octanol–water partition coefficient (Wildman–Crippen LogP) is 0.857. The van der Waals surface area contributed by atoms with Crippen LogP contribution in [0.3, 0.4) is 0 Å². The molecule has 0 saturated carbocycles. The van der Waals surface area contributed by atoms with Gasteiger partial charge in [0.15, 0.2) is 0 Å². The SMILES string of the molecule is CCCC(C)C(=O)N[C@@H](CCC(=O)O)C(=O)O. The quantitative estimate of drug-likeness (QED) is 0.588. The van der Waals surface area contributed by atoms with E-state index in [0.717, 1.165) is 6.42 Å². The minimum absolute atomic E-state index is 0.102. The van der Waals surface area contributed by atoms with E-state index < -0.39 is 18.0 Å². The van der Waals surface area contributed by atoms with Crippen molar-refractivity contribution in [3.05, 3.63) is 0 Å². The van der Waals surface area contributed by atoms with E-state index in [1.54, 1.807) is 6.92 Å². The molecule has 0 rings (SSSR count). The highest BCUT2D eigenvalue weighted by Gasteiger charge is 2.23. The van der Waals surface area contributed by atoms with Crippen molar-refractivity contribution in [1.29, 1.82) is 0 Å². The number of carbonyl (C=O) groups excluding carboxylic acids is 1. The normalized spacial score (nSPS) is 13.8. The molecule has 1 amide bonds. The maximum atomic E-state index is 11.6. The summed E-state index contributed by atoms with van der Waals surface area (Å²) < 4.78 is 0. The number of rotatable bonds is 8. The van der Waals surface area contributed by atoms with Gasteiger partial charge in [0, 0.05) is 12.3 Å². The molecule has 3 N–H and O–H groups in total. The van der Waals surface area contributed by atoms with Crippen LogP contribution in [-0.4, -0.2) is 34.1 Å². The van der Waals surface area contributed by atoms with Gasteiger partial charge in [0.25, 0.3) is 0 Å². The summed E-state index contributed by atoms with van der Waals surface area (Å²) in [5, 5.41) is 19.7. The number of hydrogen-bond acceptors (Lipinski definition) is 3. The Kier molecular flexibility index (Phi) is 6.93. The number of nitrogens with one attached hydrogen (secondary N) is 1. The molecule has 0 bridgehead atoms. The van der Waals surface area contributed by atoms with Crippen LogP contribution in [0.1, 0.15) is 39.5 Å². The standard InChI is InChI=1S/C11H19NO5/c1-3-4-7(2)10(15)12-8(11(16)17)5-6-9(13)14/h7-8H,3-6H2,1-2H3,(H,12,15)(H,13,14)(H,16,17)/t7?,8-/m0/s1. The Balaban J connectivity index is 4.29. The second kappa shape index (κ2) is 7.65. The highest BCUT2D eigenvalue weighted by atomic mass is 16.4. The van der Waals surface area contributed by atoms with Gasteiger partial charge in [-0.3, -0.25) is 9.59 Å². The van der Waals surface area contributed by atoms with Gasteiger partial charge in [0.05, 0.1) is 0 Å². The molecule has 2 atom stereocenters. The second-order valence-corrected chi connectivity index (χ2v) is 4.02. The Hall–Kier alpha value is -1.59. The molecule has 6 nitrogen and oxygen atoms in total. The van der Waals surface area contributed by atoms with E-state index in [2.05, 4.69) is 5.32 Å². The summed E-state index contributed by atoms with van der Waals surface area (Å²) in [6.45, 7) is 3.65. The van der Waals surface area contributed by atoms with Crippen molar-refractivity contribution in [1.82, 2.24) is 5.32 Å². The van der Waals surface area contributed by atoms with Gasteiger partial charge >= 0.3 is 11.9 Å². The van der Waals surface area contributed by atoms with Gasteiger partial charge in [-0.15, -0.1) is 0 Å². The summed E-state index contributed by atoms with van der Waals surface area (Å²) in [7, 11) is 0. The number of carboxylic acid groups (broad SMARTS) is 2. The fourth-order valence-electron chi connectivity index (χ4n) is 1.40. The molecule has 17 heavy (non-hydrogen) atoms. The second-order valence-electron chi connectivity index (χ2n) is 4.02. The number of carbonyl (C=O) groups is 3. The summed E-state index contributed by atoms with van der Waals surface area (Å²) in [5.74, 6) is -2.88. The smallest absolute Gasteiger partial charge is 0.326 e. The molecule has 6 heteroatoms. The average Bonchev–Trinajstić information content (AvgIpc) is 2.23. The fourth-order valence-corrected chi connectivity index (χ4v) is 1.40. The molecule has 0 aliphatic rings. The van der Waals surface area contributed by atoms with Crippen molar-refractivity contribution in [2.75, 3.05) is 0 Å². The van der Waals surface area contributed by atoms with Crippen LogP contribution in [0, 0.1) is 5.92 Å². The zero-order valence-corrected chi connectivity index (χ0v) is 10.1. The van der Waals surface area contributed by atoms with Crippen molar-refractivity contribution in [3.8, 4) is 0 Å². The Bertz CT molecular complexity index is 290. The van der Waals surface area contributed by atoms with E-state index >= 15 is 0 Å². The van der Waals surface area contributed by atoms with Crippen LogP contribution < -0.4 is 5.32 Å². The molecule has 0 aromatic carbocycles. The van der Waals surface area contributed by atoms with Crippen LogP contribution in [0.15, 0.2) is 0 Å². The van der Waals surface area contributed by atoms with E-state index in [1.807, 2.05) is 6.92 Å². The molecule has 0 heterocycles. The van der Waals surface area contributed by atoms with Gasteiger partial charge in [-0.25, -0.2) is 4.79 Å². The molecule has 0 aromatic rings. The van der Waals surface area contributed by atoms with Crippen molar-refractivity contribution in [2.24, 2.45) is 5.92 Å². The molecule has 0 radical (unpaired) electrons. The zero-order chi connectivity index (χ0) is 13.4. The maximum Gasteiger partial charge on any atom is 0.326 e. The van der Waals surface area contributed by atoms with Crippen LogP contribution >= 0.6 is 0 Å². The fraction of sp³-hybridized carbons (Fsp3) is 0.727. The zero-order valence-electron chi connectivity index (χ0n) is 10.1. The van der Waals surface area contributed by atoms with Crippen LogP contribution in [-0.2, 0) is 14.4 Å². The first kappa shape index (κ1) is 15.4. The summed E-state index contributed by atoms with van der Waals surface area (Å²) in [6, 6.07) is -1.13. The third-order valence-electron chi connectivity index (χ3n) is 2.43. The van der Waals surface area contributed by atoms with Gasteiger partial charge in [0.1, 0.15) is 6.04 Å². The highest BCUT2D eigenvalue weighted by molar-refractivity contribution is 5.85. The minimum Gasteiger partial charge on any atom is -0.481 e. The minimum atomic E-state index is -1.21. The van der Waals surface area contributed by atoms with Gasteiger partial charge in [-0.2, -0.15) is 0 Å². The average molecular weight is 245 g/mol. The van der Waals surface area contributed by atoms with E-state index in [1.165, 1.54) is 0 Å². The van der Waals surface area contributed by atoms with E-state index in [-0.39, 0.29) is 24.7 Å². The van der Waals surface area contributed by atoms with Crippen LogP contribution in [0.25, 0.3) is 0 Å². The van der Waals surface area contributed by atoms with E-state index in [4.69, 9.17) is 10.2 Å². The molecule has 1 unspecified atom stereocenters. The van der Waals surface area contributed by atoms with Crippen molar-refractivity contribution in [3.63, 3.8) is 0 Å². The first-order chi connectivity index (χ1) is 7.88. The lowest BCUT2D eigenvalue weighted by Gasteiger charge is -2.16. The number of amides is 1. The molecular formula is C11H19NO5. The molecular weight excluding hydrogens is 226 g/mol. The first-order valence-electron chi connectivity index (χ1n) is 5.63. The number of hydrogen-bond donors (Lipinski definition) is 3. The van der Waals surface area contributed by atoms with Crippen molar-refractivity contribution in [2.45, 2.75) is 45.6 Å². The number of carboxylic acids is 2. The maximum absolute atomic E-state index is 11.6. The molecule has 0 aromatic heterocycles. The summed E-state index contributed by atoms with van der Waals surface area (Å²) in [6.07, 6.45) is 1.13. The summed E-state index contributed by atoms with van der Waals surface area (Å²) in [4.78, 5) is 32.7. The van der Waals surface area contributed by atoms with Crippen LogP contribution in [0.5, 0.6) is 0 Å². The Morgan fingerprint density at radius 3 is 2.18 bits per heavy atom. The van der Waals surface area contributed by atoms with Gasteiger partial charge < -0.3 is 15.5 Å².